The molecule has 0 aromatic rings. The predicted molar refractivity (Wildman–Crippen MR) is 137 cm³/mol. The van der Waals surface area contributed by atoms with Crippen molar-refractivity contribution in [1.29, 1.82) is 0 Å². The molecule has 2 aliphatic heterocycles. The smallest absolute Gasteiger partial charge is 0.359 e. The number of carboxylic acids is 1. The second-order valence-corrected chi connectivity index (χ2v) is 19.6. The quantitative estimate of drug-likeness (QED) is 0.131. The topological polar surface area (TPSA) is 138 Å². The minimum atomic E-state index is -3.64. The minimum Gasteiger partial charge on any atom is -0.476 e. The number of aliphatic carboxylic acids is 1. The summed E-state index contributed by atoms with van der Waals surface area (Å²) in [6, 6.07) is -2.20. The Morgan fingerprint density at radius 3 is 2.21 bits per heavy atom. The van der Waals surface area contributed by atoms with Crippen molar-refractivity contribution in [3.8, 4) is 0 Å². The zero-order chi connectivity index (χ0) is 26.3. The molecule has 2 unspecified atom stereocenters. The average Bonchev–Trinajstić information content (AvgIpc) is 3.04. The first kappa shape index (κ1) is 29.6. The van der Waals surface area contributed by atoms with Crippen molar-refractivity contribution in [2.75, 3.05) is 34.2 Å². The van der Waals surface area contributed by atoms with Crippen LogP contribution in [0.25, 0.3) is 0 Å². The Bertz CT molecular complexity index is 878. The van der Waals surface area contributed by atoms with Crippen LogP contribution in [0.5, 0.6) is 0 Å². The van der Waals surface area contributed by atoms with Crippen LogP contribution in [0.2, 0.25) is 18.1 Å². The number of amides is 1. The molecule has 1 amide bonds. The first-order chi connectivity index (χ1) is 15.6. The van der Waals surface area contributed by atoms with Crippen LogP contribution in [0, 0.1) is 10.1 Å². The van der Waals surface area contributed by atoms with Gasteiger partial charge in [-0.15, -0.1) is 23.5 Å². The van der Waals surface area contributed by atoms with E-state index in [9.17, 15) is 24.8 Å². The molecule has 0 aromatic heterocycles. The van der Waals surface area contributed by atoms with Crippen molar-refractivity contribution in [1.82, 2.24) is 4.90 Å². The maximum atomic E-state index is 13.7. The van der Waals surface area contributed by atoms with E-state index in [1.54, 1.807) is 6.26 Å². The summed E-state index contributed by atoms with van der Waals surface area (Å²) in [7, 11) is -2.12. The number of fused-ring (bicyclic) bond motifs is 1. The fraction of sp³-hybridized carbons (Fsp3) is 0.842. The molecule has 0 aromatic carbocycles. The van der Waals surface area contributed by atoms with Gasteiger partial charge in [-0.3, -0.25) is 19.8 Å². The summed E-state index contributed by atoms with van der Waals surface area (Å²) in [6.07, 6.45) is 1.98. The zero-order valence-electron chi connectivity index (χ0n) is 21.0. The molecule has 196 valence electrons. The van der Waals surface area contributed by atoms with Crippen molar-refractivity contribution in [2.24, 2.45) is 0 Å². The van der Waals surface area contributed by atoms with Crippen LogP contribution in [-0.4, -0.2) is 96.1 Å². The largest absolute Gasteiger partial charge is 0.476 e. The summed E-state index contributed by atoms with van der Waals surface area (Å²) >= 11 is 2.50. The van der Waals surface area contributed by atoms with Gasteiger partial charge in [-0.1, -0.05) is 20.8 Å². The Hall–Kier alpha value is -0.603. The summed E-state index contributed by atoms with van der Waals surface area (Å²) in [5.74, 6) is -2.02. The molecule has 0 radical (unpaired) electrons. The third kappa shape index (κ3) is 4.72. The molecule has 1 N–H and O–H groups in total. The number of hydrogen-bond acceptors (Lipinski definition) is 10. The highest BCUT2D eigenvalue weighted by Crippen LogP contribution is 2.61. The van der Waals surface area contributed by atoms with Gasteiger partial charge in [0.05, 0.1) is 0 Å². The van der Waals surface area contributed by atoms with Gasteiger partial charge in [0.15, 0.2) is 8.32 Å². The summed E-state index contributed by atoms with van der Waals surface area (Å²) in [4.78, 5) is 38.7. The Morgan fingerprint density at radius 1 is 1.29 bits per heavy atom. The minimum absolute atomic E-state index is 0.0442. The van der Waals surface area contributed by atoms with E-state index < -0.39 is 59.5 Å². The molecule has 11 nitrogen and oxygen atoms in total. The monoisotopic (exact) mass is 558 g/mol. The lowest BCUT2D eigenvalue weighted by Gasteiger charge is -2.52. The lowest BCUT2D eigenvalue weighted by molar-refractivity contribution is -0.525. The van der Waals surface area contributed by atoms with Gasteiger partial charge >= 0.3 is 5.97 Å². The van der Waals surface area contributed by atoms with Gasteiger partial charge in [0, 0.05) is 32.9 Å². The number of carbonyl (C=O) groups excluding carboxylic acids is 1. The van der Waals surface area contributed by atoms with E-state index in [-0.39, 0.29) is 18.1 Å². The maximum Gasteiger partial charge on any atom is 0.359 e. The van der Waals surface area contributed by atoms with Gasteiger partial charge < -0.3 is 23.1 Å². The molecule has 2 rings (SSSR count). The van der Waals surface area contributed by atoms with Gasteiger partial charge in [-0.2, -0.15) is 0 Å². The normalized spacial score (nSPS) is 27.4. The van der Waals surface area contributed by atoms with Crippen LogP contribution in [0.1, 0.15) is 27.2 Å². The molecule has 0 bridgehead atoms. The highest BCUT2D eigenvalue weighted by atomic mass is 32.2. The standard InChI is InChI=1S/C19H35N2O9PS2Si/c1-18(2,3)34(8,9)30-11-10-19-13(12(21(25)26)16(32-7)33-19)20(17(19)24)14(15(22)23)31(27-4,28-5)29-6/h12-13,16H,10-11H2,1-9H3,(H,22,23)/t12?,13-,16?,19+/m1/s1. The second kappa shape index (κ2) is 10.4. The van der Waals surface area contributed by atoms with Gasteiger partial charge in [-0.05, 0) is 30.8 Å². The first-order valence-electron chi connectivity index (χ1n) is 10.6. The van der Waals surface area contributed by atoms with Crippen molar-refractivity contribution in [2.45, 2.75) is 66.7 Å². The Balaban J connectivity index is 2.57. The van der Waals surface area contributed by atoms with Crippen LogP contribution in [0.4, 0.5) is 0 Å². The maximum absolute atomic E-state index is 13.7. The average molecular weight is 559 g/mol. The fourth-order valence-electron chi connectivity index (χ4n) is 4.03. The van der Waals surface area contributed by atoms with Crippen molar-refractivity contribution in [3.63, 3.8) is 0 Å². The van der Waals surface area contributed by atoms with Crippen molar-refractivity contribution < 1.29 is 37.6 Å². The van der Waals surface area contributed by atoms with E-state index in [1.165, 1.54) is 44.9 Å². The van der Waals surface area contributed by atoms with Crippen LogP contribution >= 0.6 is 31.1 Å². The van der Waals surface area contributed by atoms with E-state index in [0.29, 0.717) is 0 Å². The highest BCUT2D eigenvalue weighted by molar-refractivity contribution is 8.18. The van der Waals surface area contributed by atoms with Gasteiger partial charge in [0.1, 0.15) is 15.4 Å². The van der Waals surface area contributed by atoms with Gasteiger partial charge in [0.25, 0.3) is 13.6 Å². The lowest BCUT2D eigenvalue weighted by Crippen LogP contribution is -2.76. The number of β-lactam (4-membered cyclic amide) rings is 1. The number of nitrogens with zero attached hydrogens (tertiary/aromatic N) is 2. The molecule has 2 aliphatic rings. The fourth-order valence-corrected chi connectivity index (χ4v) is 9.77. The van der Waals surface area contributed by atoms with Gasteiger partial charge in [0.2, 0.25) is 11.3 Å². The zero-order valence-corrected chi connectivity index (χ0v) is 24.5. The van der Waals surface area contributed by atoms with Crippen LogP contribution in [-0.2, 0) is 27.6 Å². The van der Waals surface area contributed by atoms with E-state index in [0.717, 1.165) is 4.90 Å². The predicted octanol–water partition coefficient (Wildman–Crippen LogP) is 3.35. The van der Waals surface area contributed by atoms with Gasteiger partial charge in [-0.25, -0.2) is 4.79 Å². The molecule has 0 aliphatic carbocycles. The molecular weight excluding hydrogens is 523 g/mol. The number of hydrogen-bond donors (Lipinski definition) is 1. The Kier molecular flexibility index (Phi) is 9.07. The number of carbonyl (C=O) groups is 2. The molecule has 4 atom stereocenters. The molecule has 15 heteroatoms. The van der Waals surface area contributed by atoms with Crippen LogP contribution in [0.3, 0.4) is 0 Å². The third-order valence-corrected chi connectivity index (χ3v) is 17.0. The summed E-state index contributed by atoms with van der Waals surface area (Å²) < 4.78 is 20.5. The molecular formula is C19H35N2O9PS2Si. The Labute approximate surface area is 210 Å². The van der Waals surface area contributed by atoms with Crippen molar-refractivity contribution >= 4 is 56.7 Å². The number of rotatable bonds is 11. The van der Waals surface area contributed by atoms with E-state index in [2.05, 4.69) is 33.9 Å². The molecule has 2 fully saturated rings. The number of thioether (sulfide) groups is 2. The number of nitro groups is 1. The Morgan fingerprint density at radius 2 is 1.82 bits per heavy atom. The lowest BCUT2D eigenvalue weighted by atomic mass is 9.80. The second-order valence-electron chi connectivity index (χ2n) is 9.54. The number of likely N-dealkylation sites (tertiary alicyclic amines) is 1. The molecule has 34 heavy (non-hydrogen) atoms. The van der Waals surface area contributed by atoms with Crippen molar-refractivity contribution in [3.05, 3.63) is 10.1 Å². The SMILES string of the molecule is COP(OC)(OC)=C(C(=O)O)N1C(=O)[C@@]2(CCO[Si](C)(C)C(C)(C)C)SC(SC)C([N+](=O)[O-])[C@@H]12. The van der Waals surface area contributed by atoms with E-state index >= 15 is 0 Å². The van der Waals surface area contributed by atoms with E-state index in [4.69, 9.17) is 18.0 Å². The van der Waals surface area contributed by atoms with Crippen LogP contribution < -0.4 is 0 Å². The van der Waals surface area contributed by atoms with E-state index in [1.807, 2.05) is 0 Å². The molecule has 2 saturated heterocycles. The molecule has 0 saturated carbocycles. The summed E-state index contributed by atoms with van der Waals surface area (Å²) in [5, 5.41) is 22.1. The van der Waals surface area contributed by atoms with Crippen LogP contribution in [0.15, 0.2) is 0 Å². The molecule has 0 spiro atoms. The third-order valence-electron chi connectivity index (χ3n) is 6.88. The summed E-state index contributed by atoms with van der Waals surface area (Å²) in [5.41, 5.74) is -0.537. The molecule has 2 heterocycles. The summed E-state index contributed by atoms with van der Waals surface area (Å²) in [6.45, 7) is 10.7. The number of carboxylic acid groups (broad SMARTS) is 1. The first-order valence-corrected chi connectivity index (χ1v) is 17.2. The highest BCUT2D eigenvalue weighted by Gasteiger charge is 2.76.